The van der Waals surface area contributed by atoms with Crippen molar-refractivity contribution in [2.45, 2.75) is 6.42 Å². The standard InChI is InChI=1S/C17H13BrO/c18-13-5-4-6-14-9-11-16(12-10-14)17(19)15-7-2-1-3-8-15/h1-3,7-12H,5,13H2. The van der Waals surface area contributed by atoms with Crippen LogP contribution < -0.4 is 0 Å². The number of halogens is 1. The maximum atomic E-state index is 12.2. The quantitative estimate of drug-likeness (QED) is 0.474. The van der Waals surface area contributed by atoms with E-state index in [-0.39, 0.29) is 5.78 Å². The third-order valence-electron chi connectivity index (χ3n) is 2.64. The molecular formula is C17H13BrO. The van der Waals surface area contributed by atoms with E-state index in [1.54, 1.807) is 0 Å². The van der Waals surface area contributed by atoms with Crippen LogP contribution in [0.2, 0.25) is 0 Å². The summed E-state index contributed by atoms with van der Waals surface area (Å²) in [4.78, 5) is 12.2. The molecule has 2 aromatic rings. The van der Waals surface area contributed by atoms with Crippen LogP contribution in [0.15, 0.2) is 54.6 Å². The van der Waals surface area contributed by atoms with Gasteiger partial charge in [-0.05, 0) is 24.3 Å². The first-order valence-corrected chi connectivity index (χ1v) is 7.18. The fourth-order valence-electron chi connectivity index (χ4n) is 1.67. The number of ketones is 1. The lowest BCUT2D eigenvalue weighted by atomic mass is 10.0. The van der Waals surface area contributed by atoms with Crippen LogP contribution in [0.3, 0.4) is 0 Å². The predicted octanol–water partition coefficient (Wildman–Crippen LogP) is 4.05. The van der Waals surface area contributed by atoms with Crippen LogP contribution in [0.1, 0.15) is 27.9 Å². The molecule has 0 spiro atoms. The molecule has 0 atom stereocenters. The molecule has 0 aromatic heterocycles. The molecule has 19 heavy (non-hydrogen) atoms. The van der Waals surface area contributed by atoms with Crippen LogP contribution >= 0.6 is 15.9 Å². The summed E-state index contributed by atoms with van der Waals surface area (Å²) in [5, 5.41) is 0.880. The first-order chi connectivity index (χ1) is 9.31. The van der Waals surface area contributed by atoms with E-state index in [1.165, 1.54) is 0 Å². The molecule has 0 radical (unpaired) electrons. The molecule has 2 heteroatoms. The first kappa shape index (κ1) is 13.6. The maximum Gasteiger partial charge on any atom is 0.193 e. The van der Waals surface area contributed by atoms with E-state index < -0.39 is 0 Å². The summed E-state index contributed by atoms with van der Waals surface area (Å²) >= 11 is 3.33. The van der Waals surface area contributed by atoms with Gasteiger partial charge in [-0.3, -0.25) is 4.79 Å². The van der Waals surface area contributed by atoms with Crippen molar-refractivity contribution < 1.29 is 4.79 Å². The molecule has 0 aliphatic carbocycles. The predicted molar refractivity (Wildman–Crippen MR) is 81.6 cm³/mol. The van der Waals surface area contributed by atoms with Crippen molar-refractivity contribution in [3.63, 3.8) is 0 Å². The molecule has 0 aliphatic heterocycles. The minimum absolute atomic E-state index is 0.0422. The third kappa shape index (κ3) is 3.81. The van der Waals surface area contributed by atoms with Gasteiger partial charge in [0.25, 0.3) is 0 Å². The summed E-state index contributed by atoms with van der Waals surface area (Å²) in [6, 6.07) is 16.7. The average Bonchev–Trinajstić information content (AvgIpc) is 2.48. The Morgan fingerprint density at radius 1 is 0.947 bits per heavy atom. The molecular weight excluding hydrogens is 300 g/mol. The highest BCUT2D eigenvalue weighted by molar-refractivity contribution is 9.09. The van der Waals surface area contributed by atoms with Crippen molar-refractivity contribution in [3.8, 4) is 11.8 Å². The average molecular weight is 313 g/mol. The lowest BCUT2D eigenvalue weighted by Gasteiger charge is -2.00. The van der Waals surface area contributed by atoms with E-state index in [2.05, 4.69) is 27.8 Å². The van der Waals surface area contributed by atoms with E-state index >= 15 is 0 Å². The Hall–Kier alpha value is -1.85. The second-order valence-corrected chi connectivity index (χ2v) is 4.81. The number of carbonyl (C=O) groups excluding carboxylic acids is 1. The Labute approximate surface area is 121 Å². The van der Waals surface area contributed by atoms with E-state index in [0.717, 1.165) is 17.3 Å². The fourth-order valence-corrected chi connectivity index (χ4v) is 1.87. The molecule has 0 heterocycles. The zero-order valence-corrected chi connectivity index (χ0v) is 12.0. The van der Waals surface area contributed by atoms with Crippen molar-refractivity contribution in [1.29, 1.82) is 0 Å². The van der Waals surface area contributed by atoms with Crippen LogP contribution in [0.25, 0.3) is 0 Å². The second kappa shape index (κ2) is 6.92. The van der Waals surface area contributed by atoms with Gasteiger partial charge in [-0.25, -0.2) is 0 Å². The molecule has 0 unspecified atom stereocenters. The van der Waals surface area contributed by atoms with Gasteiger partial charge in [-0.1, -0.05) is 58.1 Å². The molecule has 2 rings (SSSR count). The molecule has 0 aliphatic rings. The molecule has 0 saturated carbocycles. The van der Waals surface area contributed by atoms with Crippen LogP contribution in [0.4, 0.5) is 0 Å². The number of rotatable bonds is 3. The Morgan fingerprint density at radius 2 is 1.58 bits per heavy atom. The minimum Gasteiger partial charge on any atom is -0.289 e. The van der Waals surface area contributed by atoms with E-state index in [1.807, 2.05) is 54.6 Å². The maximum absolute atomic E-state index is 12.2. The highest BCUT2D eigenvalue weighted by Crippen LogP contribution is 2.10. The van der Waals surface area contributed by atoms with Crippen LogP contribution in [-0.2, 0) is 0 Å². The van der Waals surface area contributed by atoms with Gasteiger partial charge in [0.1, 0.15) is 0 Å². The third-order valence-corrected chi connectivity index (χ3v) is 3.03. The molecule has 94 valence electrons. The largest absolute Gasteiger partial charge is 0.289 e. The van der Waals surface area contributed by atoms with E-state index in [4.69, 9.17) is 0 Å². The summed E-state index contributed by atoms with van der Waals surface area (Å²) in [6.45, 7) is 0. The molecule has 2 aromatic carbocycles. The smallest absolute Gasteiger partial charge is 0.193 e. The summed E-state index contributed by atoms with van der Waals surface area (Å²) in [6.07, 6.45) is 0.824. The summed E-state index contributed by atoms with van der Waals surface area (Å²) in [7, 11) is 0. The van der Waals surface area contributed by atoms with Gasteiger partial charge in [0, 0.05) is 28.4 Å². The fraction of sp³-hybridized carbons (Fsp3) is 0.118. The zero-order valence-electron chi connectivity index (χ0n) is 10.4. The number of carbonyl (C=O) groups is 1. The second-order valence-electron chi connectivity index (χ2n) is 4.01. The van der Waals surface area contributed by atoms with Crippen molar-refractivity contribution in [2.24, 2.45) is 0 Å². The zero-order chi connectivity index (χ0) is 13.5. The lowest BCUT2D eigenvalue weighted by Crippen LogP contribution is -2.00. The van der Waals surface area contributed by atoms with Crippen LogP contribution in [0, 0.1) is 11.8 Å². The molecule has 0 saturated heterocycles. The molecule has 1 nitrogen and oxygen atoms in total. The number of hydrogen-bond donors (Lipinski definition) is 0. The molecule has 0 bridgehead atoms. The SMILES string of the molecule is O=C(c1ccccc1)c1ccc(C#CCCBr)cc1. The highest BCUT2D eigenvalue weighted by atomic mass is 79.9. The van der Waals surface area contributed by atoms with Gasteiger partial charge in [0.2, 0.25) is 0 Å². The van der Waals surface area contributed by atoms with Crippen molar-refractivity contribution in [2.75, 3.05) is 5.33 Å². The number of benzene rings is 2. The summed E-state index contributed by atoms with van der Waals surface area (Å²) in [5.74, 6) is 6.15. The van der Waals surface area contributed by atoms with Gasteiger partial charge in [-0.15, -0.1) is 0 Å². The Kier molecular flexibility index (Phi) is 4.94. The lowest BCUT2D eigenvalue weighted by molar-refractivity contribution is 0.103. The first-order valence-electron chi connectivity index (χ1n) is 6.06. The van der Waals surface area contributed by atoms with Crippen molar-refractivity contribution in [3.05, 3.63) is 71.3 Å². The monoisotopic (exact) mass is 312 g/mol. The Morgan fingerprint density at radius 3 is 2.21 bits per heavy atom. The highest BCUT2D eigenvalue weighted by Gasteiger charge is 2.07. The van der Waals surface area contributed by atoms with E-state index in [9.17, 15) is 4.79 Å². The summed E-state index contributed by atoms with van der Waals surface area (Å²) in [5.41, 5.74) is 2.34. The van der Waals surface area contributed by atoms with Gasteiger partial charge < -0.3 is 0 Å². The molecule has 0 N–H and O–H groups in total. The number of hydrogen-bond acceptors (Lipinski definition) is 1. The van der Waals surface area contributed by atoms with Crippen molar-refractivity contribution >= 4 is 21.7 Å². The normalized spacial score (nSPS) is 9.53. The van der Waals surface area contributed by atoms with Crippen molar-refractivity contribution in [1.82, 2.24) is 0 Å². The van der Waals surface area contributed by atoms with Crippen LogP contribution in [0.5, 0.6) is 0 Å². The summed E-state index contributed by atoms with van der Waals surface area (Å²) < 4.78 is 0. The van der Waals surface area contributed by atoms with Crippen LogP contribution in [-0.4, -0.2) is 11.1 Å². The Balaban J connectivity index is 2.15. The minimum atomic E-state index is 0.0422. The van der Waals surface area contributed by atoms with Gasteiger partial charge in [0.05, 0.1) is 0 Å². The topological polar surface area (TPSA) is 17.1 Å². The molecule has 0 fully saturated rings. The number of alkyl halides is 1. The van der Waals surface area contributed by atoms with Gasteiger partial charge in [0.15, 0.2) is 5.78 Å². The Bertz CT molecular complexity index is 603. The van der Waals surface area contributed by atoms with Gasteiger partial charge in [-0.2, -0.15) is 0 Å². The molecule has 0 amide bonds. The van der Waals surface area contributed by atoms with Gasteiger partial charge >= 0.3 is 0 Å². The van der Waals surface area contributed by atoms with E-state index in [0.29, 0.717) is 11.1 Å².